The van der Waals surface area contributed by atoms with Gasteiger partial charge >= 0.3 is 5.97 Å². The second-order valence-electron chi connectivity index (χ2n) is 9.51. The molecule has 0 unspecified atom stereocenters. The summed E-state index contributed by atoms with van der Waals surface area (Å²) < 4.78 is 48.2. The molecule has 2 aliphatic rings. The molecule has 1 aliphatic heterocycles. The Kier molecular flexibility index (Phi) is 6.34. The molecule has 7 heteroatoms. The third kappa shape index (κ3) is 4.32. The maximum Gasteiger partial charge on any atom is 0.344 e. The summed E-state index contributed by atoms with van der Waals surface area (Å²) in [6.45, 7) is 3.72. The number of ether oxygens (including phenoxy) is 1. The highest BCUT2D eigenvalue weighted by atomic mass is 19.1. The molecule has 5 rings (SSSR count). The molecule has 182 valence electrons. The molecule has 0 spiro atoms. The zero-order valence-electron chi connectivity index (χ0n) is 19.8. The van der Waals surface area contributed by atoms with Gasteiger partial charge in [-0.1, -0.05) is 6.92 Å². The van der Waals surface area contributed by atoms with Crippen LogP contribution in [-0.4, -0.2) is 23.3 Å². The van der Waals surface area contributed by atoms with Gasteiger partial charge in [-0.2, -0.15) is 0 Å². The van der Waals surface area contributed by atoms with Crippen molar-refractivity contribution in [1.29, 1.82) is 0 Å². The highest BCUT2D eigenvalue weighted by Crippen LogP contribution is 2.43. The van der Waals surface area contributed by atoms with Crippen LogP contribution >= 0.6 is 0 Å². The number of carbonyl (C=O) groups excluding carboxylic acids is 1. The van der Waals surface area contributed by atoms with Gasteiger partial charge in [0.2, 0.25) is 0 Å². The van der Waals surface area contributed by atoms with E-state index in [1.165, 1.54) is 6.07 Å². The fraction of sp³-hybridized carbons (Fsp3) is 0.393. The number of pyridine rings is 1. The minimum absolute atomic E-state index is 0.0421. The highest BCUT2D eigenvalue weighted by Gasteiger charge is 2.34. The minimum Gasteiger partial charge on any atom is -0.462 e. The van der Waals surface area contributed by atoms with Crippen LogP contribution in [-0.2, 0) is 11.2 Å². The summed E-state index contributed by atoms with van der Waals surface area (Å²) in [4.78, 5) is 21.0. The monoisotopic (exact) mass is 480 g/mol. The van der Waals surface area contributed by atoms with Crippen molar-refractivity contribution in [3.63, 3.8) is 0 Å². The number of aromatic nitrogens is 1. The molecule has 1 aliphatic carbocycles. The van der Waals surface area contributed by atoms with E-state index in [0.29, 0.717) is 11.8 Å². The molecule has 1 aromatic heterocycles. The average molecular weight is 481 g/mol. The minimum atomic E-state index is -0.992. The highest BCUT2D eigenvalue weighted by molar-refractivity contribution is 5.98. The summed E-state index contributed by atoms with van der Waals surface area (Å²) in [6, 6.07) is 7.84. The van der Waals surface area contributed by atoms with Crippen LogP contribution < -0.4 is 0 Å². The summed E-state index contributed by atoms with van der Waals surface area (Å²) in [5.74, 6) is -2.28. The summed E-state index contributed by atoms with van der Waals surface area (Å²) >= 11 is 0. The number of rotatable bonds is 5. The summed E-state index contributed by atoms with van der Waals surface area (Å²) in [5, 5.41) is 0.870. The first-order valence-electron chi connectivity index (χ1n) is 12.2. The molecular formula is C28H27F3N2O2. The van der Waals surface area contributed by atoms with Crippen molar-refractivity contribution in [2.75, 3.05) is 6.61 Å². The number of halogens is 3. The first kappa shape index (κ1) is 23.5. The van der Waals surface area contributed by atoms with E-state index in [2.05, 4.69) is 16.9 Å². The van der Waals surface area contributed by atoms with Gasteiger partial charge in [0.05, 0.1) is 17.8 Å². The van der Waals surface area contributed by atoms with Crippen molar-refractivity contribution in [3.05, 3.63) is 70.7 Å². The third-order valence-corrected chi connectivity index (χ3v) is 7.58. The van der Waals surface area contributed by atoms with Gasteiger partial charge in [0, 0.05) is 35.3 Å². The standard InChI is InChI=1S/C28H27F3N2O2/c1-3-35-28(34)26-22(30)14-25-21(27(26)31)13-24(33-25)15(2)16-4-6-17(7-5-16)19-10-11-32-23-9-8-18(29)12-20(19)23/h8-12,14-17H,3-7,13H2,1-2H3/t15-,16?,17?/m1/s1. The molecule has 1 atom stereocenters. The SMILES string of the molecule is CCOC(=O)c1c(F)cc2c(c1F)CC([C@H](C)C1CCC(c3ccnc4ccc(F)cc34)CC1)=N2. The largest absolute Gasteiger partial charge is 0.462 e. The Morgan fingerprint density at radius 3 is 2.63 bits per heavy atom. The molecule has 1 saturated carbocycles. The van der Waals surface area contributed by atoms with E-state index in [1.54, 1.807) is 25.3 Å². The lowest BCUT2D eigenvalue weighted by Crippen LogP contribution is -2.25. The van der Waals surface area contributed by atoms with Crippen molar-refractivity contribution < 1.29 is 22.7 Å². The fourth-order valence-corrected chi connectivity index (χ4v) is 5.64. The lowest BCUT2D eigenvalue weighted by Gasteiger charge is -2.33. The van der Waals surface area contributed by atoms with Crippen molar-refractivity contribution in [1.82, 2.24) is 4.98 Å². The van der Waals surface area contributed by atoms with Crippen molar-refractivity contribution >= 4 is 28.3 Å². The second kappa shape index (κ2) is 9.44. The third-order valence-electron chi connectivity index (χ3n) is 7.58. The topological polar surface area (TPSA) is 51.5 Å². The molecule has 3 aromatic rings. The number of benzene rings is 2. The van der Waals surface area contributed by atoms with Crippen LogP contribution in [0.2, 0.25) is 0 Å². The maximum atomic E-state index is 15.0. The van der Waals surface area contributed by atoms with Crippen LogP contribution in [0.5, 0.6) is 0 Å². The van der Waals surface area contributed by atoms with Crippen molar-refractivity contribution in [2.24, 2.45) is 16.8 Å². The number of hydrogen-bond donors (Lipinski definition) is 0. The second-order valence-corrected chi connectivity index (χ2v) is 9.51. The molecule has 0 amide bonds. The molecule has 35 heavy (non-hydrogen) atoms. The van der Waals surface area contributed by atoms with Crippen molar-refractivity contribution in [3.8, 4) is 0 Å². The van der Waals surface area contributed by atoms with Crippen LogP contribution in [0.15, 0.2) is 41.5 Å². The lowest BCUT2D eigenvalue weighted by molar-refractivity contribution is 0.0515. The summed E-state index contributed by atoms with van der Waals surface area (Å²) in [7, 11) is 0. The van der Waals surface area contributed by atoms with Gasteiger partial charge < -0.3 is 4.74 Å². The summed E-state index contributed by atoms with van der Waals surface area (Å²) in [6.07, 6.45) is 5.90. The molecule has 0 N–H and O–H groups in total. The first-order chi connectivity index (χ1) is 16.9. The maximum absolute atomic E-state index is 15.0. The predicted molar refractivity (Wildman–Crippen MR) is 129 cm³/mol. The molecule has 1 fully saturated rings. The Morgan fingerprint density at radius 2 is 1.89 bits per heavy atom. The Hall–Kier alpha value is -3.22. The smallest absolute Gasteiger partial charge is 0.344 e. The number of esters is 1. The normalized spacial score (nSPS) is 20.4. The Bertz CT molecular complexity index is 1330. The Balaban J connectivity index is 1.30. The molecule has 2 aromatic carbocycles. The number of fused-ring (bicyclic) bond motifs is 2. The van der Waals surface area contributed by atoms with E-state index >= 15 is 4.39 Å². The van der Waals surface area contributed by atoms with E-state index in [-0.39, 0.29) is 36.0 Å². The van der Waals surface area contributed by atoms with Crippen LogP contribution in [0.4, 0.5) is 18.9 Å². The quantitative estimate of drug-likeness (QED) is 0.367. The van der Waals surface area contributed by atoms with Crippen LogP contribution in [0.25, 0.3) is 10.9 Å². The first-order valence-corrected chi connectivity index (χ1v) is 12.2. The van der Waals surface area contributed by atoms with E-state index in [9.17, 15) is 13.6 Å². The van der Waals surface area contributed by atoms with Crippen LogP contribution in [0.1, 0.15) is 66.9 Å². The number of aliphatic imine (C=N–C) groups is 1. The van der Waals surface area contributed by atoms with Crippen LogP contribution in [0, 0.1) is 29.3 Å². The van der Waals surface area contributed by atoms with Gasteiger partial charge in [0.15, 0.2) is 0 Å². The fourth-order valence-electron chi connectivity index (χ4n) is 5.64. The van der Waals surface area contributed by atoms with Crippen molar-refractivity contribution in [2.45, 2.75) is 51.9 Å². The average Bonchev–Trinajstić information content (AvgIpc) is 3.28. The zero-order chi connectivity index (χ0) is 24.7. The van der Waals surface area contributed by atoms with Gasteiger partial charge in [-0.3, -0.25) is 9.98 Å². The predicted octanol–water partition coefficient (Wildman–Crippen LogP) is 7.07. The summed E-state index contributed by atoms with van der Waals surface area (Å²) in [5.41, 5.74) is 2.63. The van der Waals surface area contributed by atoms with E-state index < -0.39 is 23.2 Å². The Morgan fingerprint density at radius 1 is 1.11 bits per heavy atom. The molecular weight excluding hydrogens is 453 g/mol. The van der Waals surface area contributed by atoms with Crippen LogP contribution in [0.3, 0.4) is 0 Å². The number of hydrogen-bond acceptors (Lipinski definition) is 4. The number of nitrogens with zero attached hydrogens (tertiary/aromatic N) is 2. The molecule has 2 heterocycles. The zero-order valence-corrected chi connectivity index (χ0v) is 19.8. The van der Waals surface area contributed by atoms with E-state index in [1.807, 2.05) is 6.07 Å². The lowest BCUT2D eigenvalue weighted by atomic mass is 9.72. The van der Waals surface area contributed by atoms with E-state index in [0.717, 1.165) is 53.9 Å². The van der Waals surface area contributed by atoms with Gasteiger partial charge in [-0.05, 0) is 80.2 Å². The Labute approximate surface area is 202 Å². The molecule has 0 radical (unpaired) electrons. The molecule has 4 nitrogen and oxygen atoms in total. The number of carbonyl (C=O) groups is 1. The molecule has 0 saturated heterocycles. The van der Waals surface area contributed by atoms with Gasteiger partial charge in [-0.15, -0.1) is 0 Å². The van der Waals surface area contributed by atoms with Gasteiger partial charge in [0.1, 0.15) is 23.0 Å². The van der Waals surface area contributed by atoms with Gasteiger partial charge in [0.25, 0.3) is 0 Å². The molecule has 0 bridgehead atoms. The van der Waals surface area contributed by atoms with Gasteiger partial charge in [-0.25, -0.2) is 18.0 Å². The van der Waals surface area contributed by atoms with E-state index in [4.69, 9.17) is 4.74 Å².